The van der Waals surface area contributed by atoms with Gasteiger partial charge in [0.1, 0.15) is 16.5 Å². The first-order valence-corrected chi connectivity index (χ1v) is 8.03. The van der Waals surface area contributed by atoms with Crippen molar-refractivity contribution < 1.29 is 9.47 Å². The molecule has 0 spiro atoms. The molecule has 5 heteroatoms. The Kier molecular flexibility index (Phi) is 5.80. The molecule has 0 aliphatic carbocycles. The van der Waals surface area contributed by atoms with E-state index in [4.69, 9.17) is 32.7 Å². The number of hydrogen-bond donors (Lipinski definition) is 0. The molecule has 0 aromatic heterocycles. The van der Waals surface area contributed by atoms with Crippen LogP contribution in [0, 0.1) is 0 Å². The van der Waals surface area contributed by atoms with Crippen LogP contribution in [0.5, 0.6) is 11.5 Å². The van der Waals surface area contributed by atoms with Crippen molar-refractivity contribution in [3.63, 3.8) is 0 Å². The van der Waals surface area contributed by atoms with Crippen molar-refractivity contribution in [1.82, 2.24) is 0 Å². The van der Waals surface area contributed by atoms with Crippen LogP contribution in [-0.4, -0.2) is 14.2 Å². The zero-order chi connectivity index (χ0) is 15.4. The van der Waals surface area contributed by atoms with Crippen LogP contribution in [-0.2, 0) is 6.42 Å². The molecule has 2 aromatic carbocycles. The van der Waals surface area contributed by atoms with Crippen molar-refractivity contribution in [3.05, 3.63) is 57.6 Å². The number of rotatable bonds is 5. The number of halogens is 3. The van der Waals surface area contributed by atoms with Gasteiger partial charge in [-0.1, -0.05) is 57.3 Å². The molecule has 21 heavy (non-hydrogen) atoms. The second-order valence-corrected chi connectivity index (χ2v) is 6.43. The summed E-state index contributed by atoms with van der Waals surface area (Å²) in [6.45, 7) is 0. The van der Waals surface area contributed by atoms with E-state index in [2.05, 4.69) is 15.9 Å². The standard InChI is InChI=1S/C16H15BrCl2O2/c1-20-14-7-6-12(16(21-2)15(14)19)13(17)9-10-4-3-5-11(18)8-10/h3-8,13H,9H2,1-2H3. The van der Waals surface area contributed by atoms with Crippen LogP contribution in [0.3, 0.4) is 0 Å². The van der Waals surface area contributed by atoms with Crippen molar-refractivity contribution in [2.75, 3.05) is 14.2 Å². The second-order valence-electron chi connectivity index (χ2n) is 4.51. The maximum Gasteiger partial charge on any atom is 0.145 e. The van der Waals surface area contributed by atoms with Gasteiger partial charge < -0.3 is 9.47 Å². The van der Waals surface area contributed by atoms with Crippen molar-refractivity contribution in [2.45, 2.75) is 11.2 Å². The Hall–Kier alpha value is -0.900. The molecule has 1 atom stereocenters. The number of methoxy groups -OCH3 is 2. The third-order valence-electron chi connectivity index (χ3n) is 3.16. The predicted octanol–water partition coefficient (Wildman–Crippen LogP) is 5.69. The van der Waals surface area contributed by atoms with Gasteiger partial charge in [0, 0.05) is 15.4 Å². The van der Waals surface area contributed by atoms with Crippen molar-refractivity contribution >= 4 is 39.1 Å². The van der Waals surface area contributed by atoms with E-state index < -0.39 is 0 Å². The molecule has 2 rings (SSSR count). The van der Waals surface area contributed by atoms with Gasteiger partial charge >= 0.3 is 0 Å². The maximum atomic E-state index is 6.29. The molecule has 0 N–H and O–H groups in total. The van der Waals surface area contributed by atoms with Gasteiger partial charge in [-0.2, -0.15) is 0 Å². The molecule has 2 nitrogen and oxygen atoms in total. The highest BCUT2D eigenvalue weighted by molar-refractivity contribution is 9.09. The second kappa shape index (κ2) is 7.39. The van der Waals surface area contributed by atoms with Gasteiger partial charge in [-0.25, -0.2) is 0 Å². The minimum Gasteiger partial charge on any atom is -0.495 e. The summed E-state index contributed by atoms with van der Waals surface area (Å²) in [4.78, 5) is 0.0642. The van der Waals surface area contributed by atoms with E-state index in [9.17, 15) is 0 Å². The minimum absolute atomic E-state index is 0.0642. The van der Waals surface area contributed by atoms with Crippen LogP contribution in [0.2, 0.25) is 10.0 Å². The van der Waals surface area contributed by atoms with E-state index in [1.54, 1.807) is 14.2 Å². The van der Waals surface area contributed by atoms with Crippen molar-refractivity contribution in [3.8, 4) is 11.5 Å². The molecule has 0 saturated carbocycles. The highest BCUT2D eigenvalue weighted by atomic mass is 79.9. The SMILES string of the molecule is COc1ccc(C(Br)Cc2cccc(Cl)c2)c(OC)c1Cl. The minimum atomic E-state index is 0.0642. The predicted molar refractivity (Wildman–Crippen MR) is 91.4 cm³/mol. The molecule has 1 unspecified atom stereocenters. The highest BCUT2D eigenvalue weighted by Gasteiger charge is 2.19. The van der Waals surface area contributed by atoms with E-state index >= 15 is 0 Å². The van der Waals surface area contributed by atoms with Gasteiger partial charge in [0.15, 0.2) is 0 Å². The molecule has 2 aromatic rings. The van der Waals surface area contributed by atoms with Gasteiger partial charge in [-0.3, -0.25) is 0 Å². The van der Waals surface area contributed by atoms with Gasteiger partial charge in [-0.15, -0.1) is 0 Å². The summed E-state index contributed by atoms with van der Waals surface area (Å²) in [6.07, 6.45) is 0.777. The summed E-state index contributed by atoms with van der Waals surface area (Å²) in [6, 6.07) is 11.6. The molecule has 0 amide bonds. The van der Waals surface area contributed by atoms with Crippen LogP contribution in [0.4, 0.5) is 0 Å². The van der Waals surface area contributed by atoms with Crippen molar-refractivity contribution in [2.24, 2.45) is 0 Å². The number of ether oxygens (including phenoxy) is 2. The number of benzene rings is 2. The molecule has 0 saturated heterocycles. The molecule has 0 heterocycles. The molecule has 0 fully saturated rings. The highest BCUT2D eigenvalue weighted by Crippen LogP contribution is 2.42. The fourth-order valence-electron chi connectivity index (χ4n) is 2.15. The average Bonchev–Trinajstić information content (AvgIpc) is 2.46. The fourth-order valence-corrected chi connectivity index (χ4v) is 3.42. The Morgan fingerprint density at radius 3 is 2.48 bits per heavy atom. The van der Waals surface area contributed by atoms with Gasteiger partial charge in [0.05, 0.1) is 14.2 Å². The van der Waals surface area contributed by atoms with Crippen molar-refractivity contribution in [1.29, 1.82) is 0 Å². The van der Waals surface area contributed by atoms with Gasteiger partial charge in [-0.05, 0) is 30.2 Å². The molecule has 112 valence electrons. The largest absolute Gasteiger partial charge is 0.495 e. The Bertz CT molecular complexity index is 632. The van der Waals surface area contributed by atoms with E-state index in [1.165, 1.54) is 0 Å². The monoisotopic (exact) mass is 388 g/mol. The summed E-state index contributed by atoms with van der Waals surface area (Å²) in [5, 5.41) is 1.21. The van der Waals surface area contributed by atoms with Crippen LogP contribution in [0.15, 0.2) is 36.4 Å². The lowest BCUT2D eigenvalue weighted by atomic mass is 10.0. The van der Waals surface area contributed by atoms with E-state index in [1.807, 2.05) is 36.4 Å². The molecule has 0 radical (unpaired) electrons. The van der Waals surface area contributed by atoms with Crippen LogP contribution in [0.25, 0.3) is 0 Å². The lowest BCUT2D eigenvalue weighted by molar-refractivity contribution is 0.391. The molecule has 0 bridgehead atoms. The summed E-state index contributed by atoms with van der Waals surface area (Å²) in [7, 11) is 3.18. The Morgan fingerprint density at radius 1 is 1.10 bits per heavy atom. The van der Waals surface area contributed by atoms with E-state index in [0.717, 1.165) is 22.6 Å². The van der Waals surface area contributed by atoms with Crippen LogP contribution < -0.4 is 9.47 Å². The average molecular weight is 390 g/mol. The normalized spacial score (nSPS) is 12.0. The summed E-state index contributed by atoms with van der Waals surface area (Å²) in [5.41, 5.74) is 2.11. The maximum absolute atomic E-state index is 6.29. The Balaban J connectivity index is 2.30. The first kappa shape index (κ1) is 16.5. The Labute approximate surface area is 143 Å². The summed E-state index contributed by atoms with van der Waals surface area (Å²) < 4.78 is 10.6. The van der Waals surface area contributed by atoms with E-state index in [-0.39, 0.29) is 4.83 Å². The smallest absolute Gasteiger partial charge is 0.145 e. The molecule has 0 aliphatic heterocycles. The number of hydrogen-bond acceptors (Lipinski definition) is 2. The lowest BCUT2D eigenvalue weighted by Gasteiger charge is -2.17. The third-order valence-corrected chi connectivity index (χ3v) is 4.57. The third kappa shape index (κ3) is 3.85. The Morgan fingerprint density at radius 2 is 1.86 bits per heavy atom. The molecule has 0 aliphatic rings. The summed E-state index contributed by atoms with van der Waals surface area (Å²) >= 11 is 16.0. The quantitative estimate of drug-likeness (QED) is 0.611. The lowest BCUT2D eigenvalue weighted by Crippen LogP contribution is -2.00. The molecular weight excluding hydrogens is 375 g/mol. The van der Waals surface area contributed by atoms with Gasteiger partial charge in [0.25, 0.3) is 0 Å². The van der Waals surface area contributed by atoms with E-state index in [0.29, 0.717) is 16.5 Å². The molecular formula is C16H15BrCl2O2. The summed E-state index contributed by atoms with van der Waals surface area (Å²) in [5.74, 6) is 1.22. The first-order chi connectivity index (χ1) is 10.1. The first-order valence-electron chi connectivity index (χ1n) is 6.35. The van der Waals surface area contributed by atoms with Crippen LogP contribution in [0.1, 0.15) is 16.0 Å². The van der Waals surface area contributed by atoms with Gasteiger partial charge in [0.2, 0.25) is 0 Å². The topological polar surface area (TPSA) is 18.5 Å². The van der Waals surface area contributed by atoms with Crippen LogP contribution >= 0.6 is 39.1 Å². The zero-order valence-corrected chi connectivity index (χ0v) is 14.8. The number of alkyl halides is 1. The zero-order valence-electron chi connectivity index (χ0n) is 11.7. The fraction of sp³-hybridized carbons (Fsp3) is 0.250.